The quantitative estimate of drug-likeness (QED) is 0.390. The van der Waals surface area contributed by atoms with E-state index in [-0.39, 0.29) is 18.4 Å². The number of hydrogen-bond acceptors (Lipinski definition) is 4. The summed E-state index contributed by atoms with van der Waals surface area (Å²) in [4.78, 5) is 27.6. The number of hydrogen-bond donors (Lipinski definition) is 2. The molecule has 3 rings (SSSR count). The van der Waals surface area contributed by atoms with Gasteiger partial charge in [0.2, 0.25) is 0 Å². The second-order valence-electron chi connectivity index (χ2n) is 7.34. The van der Waals surface area contributed by atoms with Gasteiger partial charge in [-0.3, -0.25) is 9.59 Å². The van der Waals surface area contributed by atoms with Gasteiger partial charge in [0.05, 0.1) is 12.7 Å². The Morgan fingerprint density at radius 2 is 1.82 bits per heavy atom. The molecule has 6 nitrogen and oxygen atoms in total. The lowest BCUT2D eigenvalue weighted by molar-refractivity contribution is 0.0742. The summed E-state index contributed by atoms with van der Waals surface area (Å²) in [6.07, 6.45) is 0.651. The fourth-order valence-electron chi connectivity index (χ4n) is 3.27. The minimum Gasteiger partial charge on any atom is -0.497 e. The van der Waals surface area contributed by atoms with E-state index in [1.54, 1.807) is 66.6 Å². The van der Waals surface area contributed by atoms with Crippen LogP contribution in [0.5, 0.6) is 5.75 Å². The molecule has 0 unspecified atom stereocenters. The minimum atomic E-state index is -0.245. The van der Waals surface area contributed by atoms with Crippen LogP contribution in [0.1, 0.15) is 32.7 Å². The molecule has 3 N–H and O–H groups in total. The van der Waals surface area contributed by atoms with Crippen LogP contribution in [0.4, 0.5) is 5.69 Å². The number of amides is 2. The summed E-state index contributed by atoms with van der Waals surface area (Å²) >= 11 is 9.84. The van der Waals surface area contributed by atoms with Crippen molar-refractivity contribution in [3.8, 4) is 5.75 Å². The van der Waals surface area contributed by atoms with Crippen molar-refractivity contribution in [3.05, 3.63) is 92.9 Å². The highest BCUT2D eigenvalue weighted by atomic mass is 79.9. The normalized spacial score (nSPS) is 10.5. The van der Waals surface area contributed by atoms with Gasteiger partial charge in [0.15, 0.2) is 0 Å². The van der Waals surface area contributed by atoms with Crippen LogP contribution >= 0.6 is 27.5 Å². The van der Waals surface area contributed by atoms with Gasteiger partial charge >= 0.3 is 0 Å². The Balaban J connectivity index is 1.81. The number of carbonyl (C=O) groups excluding carboxylic acids is 2. The summed E-state index contributed by atoms with van der Waals surface area (Å²) in [5.74, 6) is 0.298. The predicted molar refractivity (Wildman–Crippen MR) is 135 cm³/mol. The van der Waals surface area contributed by atoms with Gasteiger partial charge in [0.25, 0.3) is 11.8 Å². The number of nitrogens with one attached hydrogen (secondary N) is 1. The van der Waals surface area contributed by atoms with Crippen LogP contribution in [0, 0.1) is 0 Å². The van der Waals surface area contributed by atoms with Gasteiger partial charge in [-0.15, -0.1) is 0 Å². The first kappa shape index (κ1) is 24.8. The molecule has 0 saturated heterocycles. The molecule has 0 bridgehead atoms. The van der Waals surface area contributed by atoms with Gasteiger partial charge in [-0.25, -0.2) is 0 Å². The van der Waals surface area contributed by atoms with Gasteiger partial charge < -0.3 is 20.7 Å². The van der Waals surface area contributed by atoms with E-state index in [9.17, 15) is 9.59 Å². The molecular formula is C25H25BrClN3O3. The fourth-order valence-corrected chi connectivity index (χ4v) is 3.92. The zero-order valence-electron chi connectivity index (χ0n) is 18.2. The number of carbonyl (C=O) groups is 2. The molecule has 2 amide bonds. The van der Waals surface area contributed by atoms with E-state index in [1.165, 1.54) is 0 Å². The minimum absolute atomic E-state index is 0.134. The molecule has 3 aromatic carbocycles. The number of halogens is 2. The molecule has 0 aromatic heterocycles. The number of benzene rings is 3. The van der Waals surface area contributed by atoms with E-state index in [0.717, 1.165) is 5.56 Å². The van der Waals surface area contributed by atoms with Crippen molar-refractivity contribution in [2.24, 2.45) is 5.73 Å². The van der Waals surface area contributed by atoms with E-state index in [2.05, 4.69) is 21.2 Å². The van der Waals surface area contributed by atoms with Gasteiger partial charge in [-0.2, -0.15) is 0 Å². The Labute approximate surface area is 206 Å². The van der Waals surface area contributed by atoms with Gasteiger partial charge in [0.1, 0.15) is 5.75 Å². The maximum absolute atomic E-state index is 13.2. The standard InChI is InChI=1S/C25H25BrClN3O3/c1-33-20-10-7-17(8-11-20)25(32)30(14-4-13-28)16-18-15-19(9-12-23(18)27)29-24(31)21-5-2-3-6-22(21)26/h2-3,5-12,15H,4,13-14,16,28H2,1H3,(H,29,31). The van der Waals surface area contributed by atoms with Crippen molar-refractivity contribution in [1.82, 2.24) is 4.90 Å². The molecular weight excluding hydrogens is 506 g/mol. The average molecular weight is 531 g/mol. The number of anilines is 1. The van der Waals surface area contributed by atoms with Crippen LogP contribution < -0.4 is 15.8 Å². The van der Waals surface area contributed by atoms with Gasteiger partial charge in [0, 0.05) is 33.8 Å². The van der Waals surface area contributed by atoms with Gasteiger partial charge in [-0.1, -0.05) is 23.7 Å². The maximum atomic E-state index is 13.2. The Hall–Kier alpha value is -2.87. The lowest BCUT2D eigenvalue weighted by Gasteiger charge is -2.24. The number of ether oxygens (including phenoxy) is 1. The third kappa shape index (κ3) is 6.57. The summed E-state index contributed by atoms with van der Waals surface area (Å²) in [6, 6.07) is 19.4. The lowest BCUT2D eigenvalue weighted by Crippen LogP contribution is -2.32. The zero-order chi connectivity index (χ0) is 23.8. The molecule has 0 radical (unpaired) electrons. The van der Waals surface area contributed by atoms with Crippen LogP contribution in [0.2, 0.25) is 5.02 Å². The second-order valence-corrected chi connectivity index (χ2v) is 8.60. The number of nitrogens with two attached hydrogens (primary N) is 1. The number of methoxy groups -OCH3 is 1. The first-order valence-electron chi connectivity index (χ1n) is 10.4. The fraction of sp³-hybridized carbons (Fsp3) is 0.200. The Bertz CT molecular complexity index is 1120. The first-order chi connectivity index (χ1) is 15.9. The smallest absolute Gasteiger partial charge is 0.256 e. The SMILES string of the molecule is COc1ccc(C(=O)N(CCCN)Cc2cc(NC(=O)c3ccccc3Br)ccc2Cl)cc1. The average Bonchev–Trinajstić information content (AvgIpc) is 2.83. The predicted octanol–water partition coefficient (Wildman–Crippen LogP) is 5.35. The number of nitrogens with zero attached hydrogens (tertiary/aromatic N) is 1. The van der Waals surface area contributed by atoms with Crippen molar-refractivity contribution in [3.63, 3.8) is 0 Å². The van der Waals surface area contributed by atoms with Crippen LogP contribution in [0.3, 0.4) is 0 Å². The van der Waals surface area contributed by atoms with E-state index in [0.29, 0.717) is 51.6 Å². The number of rotatable bonds is 9. The van der Waals surface area contributed by atoms with Crippen LogP contribution in [0.25, 0.3) is 0 Å². The summed E-state index contributed by atoms with van der Waals surface area (Å²) in [5, 5.41) is 3.40. The monoisotopic (exact) mass is 529 g/mol. The summed E-state index contributed by atoms with van der Waals surface area (Å²) in [5.41, 5.74) is 8.07. The second kappa shape index (κ2) is 11.8. The lowest BCUT2D eigenvalue weighted by atomic mass is 10.1. The van der Waals surface area contributed by atoms with Gasteiger partial charge in [-0.05, 0) is 89.1 Å². The highest BCUT2D eigenvalue weighted by Crippen LogP contribution is 2.25. The molecule has 0 saturated carbocycles. The highest BCUT2D eigenvalue weighted by Gasteiger charge is 2.18. The van der Waals surface area contributed by atoms with Crippen LogP contribution in [0.15, 0.2) is 71.2 Å². The first-order valence-corrected chi connectivity index (χ1v) is 11.6. The van der Waals surface area contributed by atoms with Crippen molar-refractivity contribution >= 4 is 45.0 Å². The molecule has 0 aliphatic carbocycles. The molecule has 0 heterocycles. The molecule has 3 aromatic rings. The Kier molecular flexibility index (Phi) is 8.88. The molecule has 172 valence electrons. The summed E-state index contributed by atoms with van der Waals surface area (Å²) < 4.78 is 5.88. The third-order valence-corrected chi connectivity index (χ3v) is 6.10. The summed E-state index contributed by atoms with van der Waals surface area (Å²) in [7, 11) is 1.58. The van der Waals surface area contributed by atoms with Crippen molar-refractivity contribution in [2.75, 3.05) is 25.5 Å². The molecule has 0 fully saturated rings. The van der Waals surface area contributed by atoms with Crippen molar-refractivity contribution in [1.29, 1.82) is 0 Å². The molecule has 0 spiro atoms. The largest absolute Gasteiger partial charge is 0.497 e. The molecule has 8 heteroatoms. The van der Waals surface area contributed by atoms with E-state index in [4.69, 9.17) is 22.1 Å². The Morgan fingerprint density at radius 3 is 2.48 bits per heavy atom. The maximum Gasteiger partial charge on any atom is 0.256 e. The third-order valence-electron chi connectivity index (χ3n) is 5.04. The van der Waals surface area contributed by atoms with E-state index in [1.807, 2.05) is 12.1 Å². The molecule has 0 aliphatic rings. The molecule has 0 atom stereocenters. The molecule has 33 heavy (non-hydrogen) atoms. The van der Waals surface area contributed by atoms with Crippen LogP contribution in [-0.4, -0.2) is 36.9 Å². The summed E-state index contributed by atoms with van der Waals surface area (Å²) in [6.45, 7) is 1.22. The Morgan fingerprint density at radius 1 is 1.09 bits per heavy atom. The van der Waals surface area contributed by atoms with E-state index < -0.39 is 0 Å². The molecule has 0 aliphatic heterocycles. The topological polar surface area (TPSA) is 84.7 Å². The zero-order valence-corrected chi connectivity index (χ0v) is 20.5. The van der Waals surface area contributed by atoms with Crippen LogP contribution in [-0.2, 0) is 6.54 Å². The van der Waals surface area contributed by atoms with E-state index >= 15 is 0 Å². The van der Waals surface area contributed by atoms with Crippen molar-refractivity contribution in [2.45, 2.75) is 13.0 Å². The highest BCUT2D eigenvalue weighted by molar-refractivity contribution is 9.10. The van der Waals surface area contributed by atoms with Crippen molar-refractivity contribution < 1.29 is 14.3 Å².